The van der Waals surface area contributed by atoms with E-state index < -0.39 is 11.9 Å². The van der Waals surface area contributed by atoms with Crippen molar-refractivity contribution in [3.05, 3.63) is 29.8 Å². The maximum Gasteiger partial charge on any atom is 0.325 e. The maximum absolute atomic E-state index is 12.3. The smallest absolute Gasteiger partial charge is 0.325 e. The van der Waals surface area contributed by atoms with Gasteiger partial charge in [-0.2, -0.15) is 0 Å². The minimum absolute atomic E-state index is 0.196. The predicted molar refractivity (Wildman–Crippen MR) is 113 cm³/mol. The summed E-state index contributed by atoms with van der Waals surface area (Å²) in [5.41, 5.74) is 0.956. The highest BCUT2D eigenvalue weighted by atomic mass is 16.5. The van der Waals surface area contributed by atoms with E-state index in [1.54, 1.807) is 24.3 Å². The van der Waals surface area contributed by atoms with Gasteiger partial charge in [-0.1, -0.05) is 13.8 Å². The molecule has 0 radical (unpaired) electrons. The van der Waals surface area contributed by atoms with E-state index in [0.717, 1.165) is 32.7 Å². The molecule has 1 unspecified atom stereocenters. The zero-order chi connectivity index (χ0) is 21.9. The summed E-state index contributed by atoms with van der Waals surface area (Å²) in [5.74, 6) is -0.384. The van der Waals surface area contributed by atoms with Crippen LogP contribution in [-0.2, 0) is 14.3 Å². The molecule has 30 heavy (non-hydrogen) atoms. The first kappa shape index (κ1) is 23.6. The number of esters is 1. The predicted octanol–water partition coefficient (Wildman–Crippen LogP) is 1.46. The Kier molecular flexibility index (Phi) is 9.56. The van der Waals surface area contributed by atoms with Gasteiger partial charge in [0.2, 0.25) is 0 Å². The van der Waals surface area contributed by atoms with Gasteiger partial charge in [0.05, 0.1) is 20.3 Å². The fourth-order valence-electron chi connectivity index (χ4n) is 3.27. The molecule has 1 fully saturated rings. The molecular formula is C21H32N4O5. The third-order valence-corrected chi connectivity index (χ3v) is 4.83. The molecule has 1 aromatic carbocycles. The molecule has 1 atom stereocenters. The van der Waals surface area contributed by atoms with E-state index in [4.69, 9.17) is 4.74 Å². The lowest BCUT2D eigenvalue weighted by Gasteiger charge is -2.35. The number of carbonyl (C=O) groups is 3. The molecule has 9 heteroatoms. The lowest BCUT2D eigenvalue weighted by atomic mass is 10.0. The first-order valence-electron chi connectivity index (χ1n) is 10.2. The molecule has 0 saturated carbocycles. The molecule has 2 rings (SSSR count). The van der Waals surface area contributed by atoms with Crippen LogP contribution in [0.3, 0.4) is 0 Å². The van der Waals surface area contributed by atoms with Gasteiger partial charge in [0.15, 0.2) is 0 Å². The summed E-state index contributed by atoms with van der Waals surface area (Å²) < 4.78 is 9.91. The average molecular weight is 421 g/mol. The van der Waals surface area contributed by atoms with Crippen LogP contribution in [0.25, 0.3) is 0 Å². The number of anilines is 1. The van der Waals surface area contributed by atoms with E-state index in [0.29, 0.717) is 23.7 Å². The van der Waals surface area contributed by atoms with Crippen LogP contribution >= 0.6 is 0 Å². The Morgan fingerprint density at radius 3 is 2.37 bits per heavy atom. The largest absolute Gasteiger partial charge is 0.468 e. The van der Waals surface area contributed by atoms with Crippen LogP contribution in [0.4, 0.5) is 10.5 Å². The second kappa shape index (κ2) is 12.1. The Balaban J connectivity index is 1.82. The van der Waals surface area contributed by atoms with Crippen LogP contribution in [0.2, 0.25) is 0 Å². The van der Waals surface area contributed by atoms with Crippen molar-refractivity contribution in [3.63, 3.8) is 0 Å². The molecule has 1 aliphatic rings. The molecule has 3 N–H and O–H groups in total. The number of amides is 3. The Labute approximate surface area is 177 Å². The Bertz CT molecular complexity index is 702. The van der Waals surface area contributed by atoms with Crippen LogP contribution in [0, 0.1) is 5.92 Å². The molecule has 0 aliphatic carbocycles. The fraction of sp³-hybridized carbons (Fsp3) is 0.571. The minimum atomic E-state index is -0.522. The van der Waals surface area contributed by atoms with Crippen molar-refractivity contribution in [2.75, 3.05) is 51.8 Å². The van der Waals surface area contributed by atoms with Crippen LogP contribution in [0.5, 0.6) is 0 Å². The quantitative estimate of drug-likeness (QED) is 0.522. The number of hydrogen-bond acceptors (Lipinski definition) is 6. The summed E-state index contributed by atoms with van der Waals surface area (Å²) in [6, 6.07) is 6.41. The highest BCUT2D eigenvalue weighted by molar-refractivity contribution is 5.96. The summed E-state index contributed by atoms with van der Waals surface area (Å²) in [5, 5.41) is 8.19. The van der Waals surface area contributed by atoms with E-state index in [1.807, 2.05) is 0 Å². The van der Waals surface area contributed by atoms with Crippen molar-refractivity contribution < 1.29 is 23.9 Å². The van der Waals surface area contributed by atoms with E-state index in [-0.39, 0.29) is 18.6 Å². The van der Waals surface area contributed by atoms with Crippen LogP contribution in [0.15, 0.2) is 24.3 Å². The van der Waals surface area contributed by atoms with Gasteiger partial charge in [-0.15, -0.1) is 0 Å². The Morgan fingerprint density at radius 2 is 1.77 bits per heavy atom. The molecule has 1 aromatic rings. The van der Waals surface area contributed by atoms with Crippen molar-refractivity contribution in [2.45, 2.75) is 26.3 Å². The number of nitrogens with zero attached hydrogens (tertiary/aromatic N) is 1. The van der Waals surface area contributed by atoms with Crippen LogP contribution < -0.4 is 16.0 Å². The number of nitrogens with one attached hydrogen (secondary N) is 3. The maximum atomic E-state index is 12.3. The first-order chi connectivity index (χ1) is 14.4. The number of urea groups is 1. The van der Waals surface area contributed by atoms with Crippen molar-refractivity contribution in [3.8, 4) is 0 Å². The van der Waals surface area contributed by atoms with Crippen molar-refractivity contribution in [1.29, 1.82) is 0 Å². The molecule has 1 aliphatic heterocycles. The van der Waals surface area contributed by atoms with Gasteiger partial charge in [-0.05, 0) is 36.6 Å². The summed E-state index contributed by atoms with van der Waals surface area (Å²) in [4.78, 5) is 37.8. The number of hydrogen-bond donors (Lipinski definition) is 3. The third-order valence-electron chi connectivity index (χ3n) is 4.83. The van der Waals surface area contributed by atoms with Gasteiger partial charge in [0.1, 0.15) is 6.54 Å². The zero-order valence-electron chi connectivity index (χ0n) is 17.9. The second-order valence-corrected chi connectivity index (χ2v) is 7.60. The topological polar surface area (TPSA) is 109 Å². The summed E-state index contributed by atoms with van der Waals surface area (Å²) in [6.07, 6.45) is 0.996. The average Bonchev–Trinajstić information content (AvgIpc) is 2.75. The molecule has 166 valence electrons. The summed E-state index contributed by atoms with van der Waals surface area (Å²) in [6.45, 7) is 7.91. The number of carbonyl (C=O) groups excluding carboxylic acids is 3. The second-order valence-electron chi connectivity index (χ2n) is 7.60. The minimum Gasteiger partial charge on any atom is -0.468 e. The number of morpholine rings is 1. The van der Waals surface area contributed by atoms with E-state index in [1.165, 1.54) is 7.11 Å². The Hall–Kier alpha value is -2.65. The number of rotatable bonds is 9. The molecule has 0 bridgehead atoms. The SMILES string of the molecule is COC(=O)CNC(=O)c1ccc(NC(=O)NCC(CC(C)C)N2CCOCC2)cc1. The summed E-state index contributed by atoms with van der Waals surface area (Å²) >= 11 is 0. The first-order valence-corrected chi connectivity index (χ1v) is 10.2. The number of methoxy groups -OCH3 is 1. The normalized spacial score (nSPS) is 15.3. The van der Waals surface area contributed by atoms with Gasteiger partial charge in [0.25, 0.3) is 5.91 Å². The zero-order valence-corrected chi connectivity index (χ0v) is 17.9. The van der Waals surface area contributed by atoms with Gasteiger partial charge >= 0.3 is 12.0 Å². The number of ether oxygens (including phenoxy) is 2. The Morgan fingerprint density at radius 1 is 1.10 bits per heavy atom. The molecule has 0 spiro atoms. The highest BCUT2D eigenvalue weighted by Crippen LogP contribution is 2.13. The summed E-state index contributed by atoms with van der Waals surface area (Å²) in [7, 11) is 1.26. The lowest BCUT2D eigenvalue weighted by molar-refractivity contribution is -0.139. The fourth-order valence-corrected chi connectivity index (χ4v) is 3.27. The molecule has 0 aromatic heterocycles. The van der Waals surface area contributed by atoms with Crippen LogP contribution in [-0.4, -0.2) is 75.4 Å². The van der Waals surface area contributed by atoms with E-state index in [2.05, 4.69) is 39.4 Å². The van der Waals surface area contributed by atoms with E-state index >= 15 is 0 Å². The monoisotopic (exact) mass is 420 g/mol. The van der Waals surface area contributed by atoms with Crippen molar-refractivity contribution in [2.24, 2.45) is 5.92 Å². The van der Waals surface area contributed by atoms with Crippen molar-refractivity contribution >= 4 is 23.6 Å². The van der Waals surface area contributed by atoms with Gasteiger partial charge in [-0.25, -0.2) is 4.79 Å². The third kappa shape index (κ3) is 8.00. The lowest BCUT2D eigenvalue weighted by Crippen LogP contribution is -2.49. The highest BCUT2D eigenvalue weighted by Gasteiger charge is 2.22. The molecular weight excluding hydrogens is 388 g/mol. The van der Waals surface area contributed by atoms with Gasteiger partial charge in [-0.3, -0.25) is 14.5 Å². The van der Waals surface area contributed by atoms with Crippen LogP contribution in [0.1, 0.15) is 30.6 Å². The standard InChI is InChI=1S/C21H32N4O5/c1-15(2)12-18(25-8-10-30-11-9-25)13-23-21(28)24-17-6-4-16(5-7-17)20(27)22-14-19(26)29-3/h4-7,15,18H,8-14H2,1-3H3,(H,22,27)(H2,23,24,28). The van der Waals surface area contributed by atoms with E-state index in [9.17, 15) is 14.4 Å². The number of benzene rings is 1. The molecule has 1 saturated heterocycles. The van der Waals surface area contributed by atoms with Crippen molar-refractivity contribution in [1.82, 2.24) is 15.5 Å². The molecule has 1 heterocycles. The molecule has 3 amide bonds. The molecule has 9 nitrogen and oxygen atoms in total. The van der Waals surface area contributed by atoms with Gasteiger partial charge < -0.3 is 25.4 Å². The van der Waals surface area contributed by atoms with Gasteiger partial charge in [0, 0.05) is 36.9 Å².